The Morgan fingerprint density at radius 2 is 2.11 bits per heavy atom. The van der Waals surface area contributed by atoms with Gasteiger partial charge in [0.25, 0.3) is 0 Å². The molecule has 5 heteroatoms. The van der Waals surface area contributed by atoms with E-state index in [9.17, 15) is 4.39 Å². The van der Waals surface area contributed by atoms with Gasteiger partial charge in [0, 0.05) is 16.5 Å². The molecule has 2 aromatic rings. The maximum absolute atomic E-state index is 13.7. The minimum Gasteiger partial charge on any atom is -0.342 e. The lowest BCUT2D eigenvalue weighted by Crippen LogP contribution is -1.98. The van der Waals surface area contributed by atoms with Crippen molar-refractivity contribution in [3.63, 3.8) is 0 Å². The highest BCUT2D eigenvalue weighted by atomic mass is 79.9. The molecule has 0 fully saturated rings. The third kappa shape index (κ3) is 3.88. The van der Waals surface area contributed by atoms with Crippen LogP contribution in [-0.4, -0.2) is 16.5 Å². The fraction of sp³-hybridized carbons (Fsp3) is 0.357. The van der Waals surface area contributed by atoms with Crippen LogP contribution in [0.15, 0.2) is 28.9 Å². The summed E-state index contributed by atoms with van der Waals surface area (Å²) in [4.78, 5) is 7.46. The minimum atomic E-state index is -0.249. The topological polar surface area (TPSA) is 54.7 Å². The third-order valence-corrected chi connectivity index (χ3v) is 3.46. The first-order valence-electron chi connectivity index (χ1n) is 6.40. The molecule has 0 amide bonds. The van der Waals surface area contributed by atoms with Gasteiger partial charge in [0.1, 0.15) is 11.6 Å². The summed E-state index contributed by atoms with van der Waals surface area (Å²) < 4.78 is 14.6. The van der Waals surface area contributed by atoms with Crippen LogP contribution in [0.5, 0.6) is 0 Å². The molecule has 0 saturated carbocycles. The first-order chi connectivity index (χ1) is 9.20. The summed E-state index contributed by atoms with van der Waals surface area (Å²) >= 11 is 3.35. The van der Waals surface area contributed by atoms with Crippen molar-refractivity contribution in [1.82, 2.24) is 9.97 Å². The number of rotatable bonds is 6. The number of halogens is 2. The van der Waals surface area contributed by atoms with Crippen molar-refractivity contribution >= 4 is 15.9 Å². The van der Waals surface area contributed by atoms with Crippen molar-refractivity contribution in [3.05, 3.63) is 40.5 Å². The molecular formula is C14H17BrFN3. The smallest absolute Gasteiger partial charge is 0.132 e. The summed E-state index contributed by atoms with van der Waals surface area (Å²) in [5, 5.41) is 0. The lowest BCUT2D eigenvalue weighted by atomic mass is 10.1. The van der Waals surface area contributed by atoms with Crippen molar-refractivity contribution in [2.75, 3.05) is 6.54 Å². The van der Waals surface area contributed by atoms with Gasteiger partial charge in [0.05, 0.1) is 11.9 Å². The van der Waals surface area contributed by atoms with Crippen molar-refractivity contribution < 1.29 is 4.39 Å². The first-order valence-corrected chi connectivity index (χ1v) is 7.19. The lowest BCUT2D eigenvalue weighted by molar-refractivity contribution is 0.630. The number of hydrogen-bond donors (Lipinski definition) is 2. The lowest BCUT2D eigenvalue weighted by Gasteiger charge is -2.01. The Morgan fingerprint density at radius 1 is 1.26 bits per heavy atom. The Balaban J connectivity index is 2.06. The summed E-state index contributed by atoms with van der Waals surface area (Å²) in [5.41, 5.74) is 6.70. The summed E-state index contributed by atoms with van der Waals surface area (Å²) in [6.07, 6.45) is 5.73. The van der Waals surface area contributed by atoms with E-state index in [-0.39, 0.29) is 5.82 Å². The molecule has 3 nitrogen and oxygen atoms in total. The Bertz CT molecular complexity index is 539. The molecule has 0 spiro atoms. The first kappa shape index (κ1) is 14.2. The third-order valence-electron chi connectivity index (χ3n) is 2.96. The summed E-state index contributed by atoms with van der Waals surface area (Å²) in [7, 11) is 0. The average molecular weight is 326 g/mol. The van der Waals surface area contributed by atoms with Crippen molar-refractivity contribution in [1.29, 1.82) is 0 Å². The molecule has 0 aliphatic rings. The van der Waals surface area contributed by atoms with Gasteiger partial charge < -0.3 is 10.7 Å². The highest BCUT2D eigenvalue weighted by molar-refractivity contribution is 9.10. The maximum atomic E-state index is 13.7. The molecule has 102 valence electrons. The number of nitrogens with zero attached hydrogens (tertiary/aromatic N) is 1. The standard InChI is InChI=1S/C14H17BrFN3/c15-10-5-6-12(16)11(8-10)13-9-18-14(19-13)4-2-1-3-7-17/h5-6,8-9H,1-4,7,17H2,(H,18,19). The van der Waals surface area contributed by atoms with Crippen molar-refractivity contribution in [2.24, 2.45) is 5.73 Å². The highest BCUT2D eigenvalue weighted by Gasteiger charge is 2.08. The fourth-order valence-corrected chi connectivity index (χ4v) is 2.30. The van der Waals surface area contributed by atoms with Crippen LogP contribution in [0.1, 0.15) is 25.1 Å². The van der Waals surface area contributed by atoms with Crippen LogP contribution in [0.4, 0.5) is 4.39 Å². The van der Waals surface area contributed by atoms with Gasteiger partial charge in [-0.15, -0.1) is 0 Å². The largest absolute Gasteiger partial charge is 0.342 e. The molecular weight excluding hydrogens is 309 g/mol. The van der Waals surface area contributed by atoms with E-state index in [0.29, 0.717) is 11.3 Å². The number of benzene rings is 1. The monoisotopic (exact) mass is 325 g/mol. The molecule has 1 heterocycles. The second-order valence-corrected chi connectivity index (χ2v) is 5.38. The van der Waals surface area contributed by atoms with Crippen LogP contribution >= 0.6 is 15.9 Å². The van der Waals surface area contributed by atoms with Gasteiger partial charge in [-0.2, -0.15) is 0 Å². The van der Waals surface area contributed by atoms with Gasteiger partial charge in [-0.05, 0) is 37.6 Å². The zero-order chi connectivity index (χ0) is 13.7. The number of aryl methyl sites for hydroxylation is 1. The van der Waals surface area contributed by atoms with E-state index in [1.165, 1.54) is 6.07 Å². The Labute approximate surface area is 120 Å². The summed E-state index contributed by atoms with van der Waals surface area (Å²) in [5.74, 6) is 0.646. The van der Waals surface area contributed by atoms with Gasteiger partial charge in [0.2, 0.25) is 0 Å². The molecule has 0 saturated heterocycles. The number of H-pyrrole nitrogens is 1. The van der Waals surface area contributed by atoms with Crippen LogP contribution in [0.2, 0.25) is 0 Å². The highest BCUT2D eigenvalue weighted by Crippen LogP contribution is 2.25. The van der Waals surface area contributed by atoms with Crippen LogP contribution in [0.25, 0.3) is 11.3 Å². The predicted octanol–water partition coefficient (Wildman–Crippen LogP) is 3.65. The molecule has 0 aliphatic heterocycles. The second-order valence-electron chi connectivity index (χ2n) is 4.47. The predicted molar refractivity (Wildman–Crippen MR) is 78.3 cm³/mol. The minimum absolute atomic E-state index is 0.249. The summed E-state index contributed by atoms with van der Waals surface area (Å²) in [6, 6.07) is 4.88. The van der Waals surface area contributed by atoms with E-state index in [1.54, 1.807) is 18.3 Å². The number of nitrogens with one attached hydrogen (secondary N) is 1. The van der Waals surface area contributed by atoms with Crippen molar-refractivity contribution in [2.45, 2.75) is 25.7 Å². The van der Waals surface area contributed by atoms with E-state index in [0.717, 1.165) is 42.5 Å². The molecule has 2 rings (SSSR count). The second kappa shape index (κ2) is 6.82. The summed E-state index contributed by atoms with van der Waals surface area (Å²) in [6.45, 7) is 0.729. The molecule has 0 aliphatic carbocycles. The van der Waals surface area contributed by atoms with Gasteiger partial charge in [0.15, 0.2) is 0 Å². The molecule has 19 heavy (non-hydrogen) atoms. The Morgan fingerprint density at radius 3 is 2.89 bits per heavy atom. The van der Waals surface area contributed by atoms with E-state index in [2.05, 4.69) is 25.9 Å². The zero-order valence-electron chi connectivity index (χ0n) is 10.6. The average Bonchev–Trinajstić information content (AvgIpc) is 2.86. The molecule has 0 bridgehead atoms. The SMILES string of the molecule is NCCCCCc1ncc(-c2cc(Br)ccc2F)[nH]1. The zero-order valence-corrected chi connectivity index (χ0v) is 12.2. The van der Waals surface area contributed by atoms with Gasteiger partial charge in [-0.3, -0.25) is 0 Å². The van der Waals surface area contributed by atoms with Gasteiger partial charge in [-0.25, -0.2) is 9.37 Å². The van der Waals surface area contributed by atoms with E-state index in [4.69, 9.17) is 5.73 Å². The van der Waals surface area contributed by atoms with Crippen LogP contribution in [-0.2, 0) is 6.42 Å². The van der Waals surface area contributed by atoms with E-state index in [1.807, 2.05) is 0 Å². The van der Waals surface area contributed by atoms with Crippen molar-refractivity contribution in [3.8, 4) is 11.3 Å². The Kier molecular flexibility index (Phi) is 5.10. The number of imidazole rings is 1. The maximum Gasteiger partial charge on any atom is 0.132 e. The number of aromatic nitrogens is 2. The Hall–Kier alpha value is -1.20. The number of nitrogens with two attached hydrogens (primary N) is 1. The molecule has 3 N–H and O–H groups in total. The molecule has 1 aromatic carbocycles. The molecule has 0 atom stereocenters. The fourth-order valence-electron chi connectivity index (χ4n) is 1.94. The molecule has 0 unspecified atom stereocenters. The quantitative estimate of drug-likeness (QED) is 0.796. The van der Waals surface area contributed by atoms with Gasteiger partial charge >= 0.3 is 0 Å². The van der Waals surface area contributed by atoms with Crippen LogP contribution in [0.3, 0.4) is 0 Å². The number of unbranched alkanes of at least 4 members (excludes halogenated alkanes) is 2. The van der Waals surface area contributed by atoms with Crippen LogP contribution < -0.4 is 5.73 Å². The van der Waals surface area contributed by atoms with Crippen LogP contribution in [0, 0.1) is 5.82 Å². The van der Waals surface area contributed by atoms with Gasteiger partial charge in [-0.1, -0.05) is 22.4 Å². The normalized spacial score (nSPS) is 10.9. The van der Waals surface area contributed by atoms with E-state index < -0.39 is 0 Å². The molecule has 0 radical (unpaired) electrons. The van der Waals surface area contributed by atoms with E-state index >= 15 is 0 Å². The number of hydrogen-bond acceptors (Lipinski definition) is 2. The number of aromatic amines is 1. The molecule has 1 aromatic heterocycles.